The summed E-state index contributed by atoms with van der Waals surface area (Å²) in [6, 6.07) is 12.8. The van der Waals surface area contributed by atoms with Crippen LogP contribution in [0.4, 0.5) is 0 Å². The summed E-state index contributed by atoms with van der Waals surface area (Å²) in [6.07, 6.45) is 0.761. The van der Waals surface area contributed by atoms with Crippen molar-refractivity contribution in [1.82, 2.24) is 10.1 Å². The van der Waals surface area contributed by atoms with Gasteiger partial charge in [0.1, 0.15) is 5.75 Å². The first kappa shape index (κ1) is 21.6. The van der Waals surface area contributed by atoms with E-state index in [-0.39, 0.29) is 24.9 Å². The van der Waals surface area contributed by atoms with Gasteiger partial charge in [0.2, 0.25) is 5.82 Å². The predicted molar refractivity (Wildman–Crippen MR) is 112 cm³/mol. The van der Waals surface area contributed by atoms with Crippen LogP contribution in [0.3, 0.4) is 0 Å². The Labute approximate surface area is 182 Å². The van der Waals surface area contributed by atoms with Crippen LogP contribution in [0.25, 0.3) is 11.4 Å². The Bertz CT molecular complexity index is 991. The zero-order chi connectivity index (χ0) is 21.3. The van der Waals surface area contributed by atoms with Gasteiger partial charge < -0.3 is 23.5 Å². The number of nitrogens with zero attached hydrogens (tertiary/aromatic N) is 2. The number of carbonyl (C=O) groups excluding carboxylic acids is 1. The van der Waals surface area contributed by atoms with Gasteiger partial charge in [0, 0.05) is 16.5 Å². The van der Waals surface area contributed by atoms with Crippen molar-refractivity contribution in [2.75, 3.05) is 20.8 Å². The maximum absolute atomic E-state index is 11.9. The summed E-state index contributed by atoms with van der Waals surface area (Å²) in [5.74, 6) is 2.11. The van der Waals surface area contributed by atoms with Gasteiger partial charge in [0.05, 0.1) is 20.8 Å². The highest BCUT2D eigenvalue weighted by Crippen LogP contribution is 2.31. The molecule has 1 heterocycles. The maximum atomic E-state index is 11.9. The molecule has 2 aromatic carbocycles. The molecule has 0 aliphatic carbocycles. The summed E-state index contributed by atoms with van der Waals surface area (Å²) in [6.45, 7) is 0.321. The highest BCUT2D eigenvalue weighted by atomic mass is 79.9. The summed E-state index contributed by atoms with van der Waals surface area (Å²) in [7, 11) is 3.11. The Hall–Kier alpha value is -3.07. The fourth-order valence-corrected chi connectivity index (χ4v) is 2.96. The molecule has 0 fully saturated rings. The molecule has 3 aromatic rings. The minimum Gasteiger partial charge on any atom is -0.494 e. The maximum Gasteiger partial charge on any atom is 0.306 e. The molecular formula is C21H21BrN2O6. The Morgan fingerprint density at radius 1 is 1.10 bits per heavy atom. The average Bonchev–Trinajstić information content (AvgIpc) is 3.24. The van der Waals surface area contributed by atoms with E-state index in [4.69, 9.17) is 23.5 Å². The van der Waals surface area contributed by atoms with Gasteiger partial charge in [-0.1, -0.05) is 27.2 Å². The van der Waals surface area contributed by atoms with E-state index in [0.717, 1.165) is 10.2 Å². The van der Waals surface area contributed by atoms with Gasteiger partial charge in [-0.25, -0.2) is 0 Å². The van der Waals surface area contributed by atoms with Crippen molar-refractivity contribution in [2.24, 2.45) is 0 Å². The summed E-state index contributed by atoms with van der Waals surface area (Å²) in [4.78, 5) is 16.2. The molecule has 0 radical (unpaired) electrons. The molecule has 1 aromatic heterocycles. The van der Waals surface area contributed by atoms with Gasteiger partial charge >= 0.3 is 5.97 Å². The molecule has 0 aliphatic heterocycles. The van der Waals surface area contributed by atoms with Crippen molar-refractivity contribution in [3.05, 3.63) is 52.8 Å². The number of esters is 1. The lowest BCUT2D eigenvalue weighted by atomic mass is 10.2. The van der Waals surface area contributed by atoms with E-state index in [1.165, 1.54) is 0 Å². The molecule has 3 rings (SSSR count). The normalized spacial score (nSPS) is 10.5. The van der Waals surface area contributed by atoms with Crippen LogP contribution in [0.2, 0.25) is 0 Å². The molecule has 30 heavy (non-hydrogen) atoms. The smallest absolute Gasteiger partial charge is 0.306 e. The van der Waals surface area contributed by atoms with E-state index in [9.17, 15) is 4.79 Å². The predicted octanol–water partition coefficient (Wildman–Crippen LogP) is 4.42. The third-order valence-electron chi connectivity index (χ3n) is 4.06. The van der Waals surface area contributed by atoms with E-state index in [0.29, 0.717) is 35.9 Å². The van der Waals surface area contributed by atoms with Gasteiger partial charge in [-0.15, -0.1) is 0 Å². The van der Waals surface area contributed by atoms with E-state index < -0.39 is 0 Å². The van der Waals surface area contributed by atoms with Crippen LogP contribution >= 0.6 is 15.9 Å². The van der Waals surface area contributed by atoms with Crippen LogP contribution in [0.5, 0.6) is 17.2 Å². The number of hydrogen-bond acceptors (Lipinski definition) is 8. The fourth-order valence-electron chi connectivity index (χ4n) is 2.58. The van der Waals surface area contributed by atoms with Gasteiger partial charge in [-0.05, 0) is 42.8 Å². The summed E-state index contributed by atoms with van der Waals surface area (Å²) in [5.41, 5.74) is 0.693. The number of methoxy groups -OCH3 is 2. The number of aromatic nitrogens is 2. The second-order valence-corrected chi connectivity index (χ2v) is 7.07. The lowest BCUT2D eigenvalue weighted by Gasteiger charge is -2.07. The SMILES string of the molecule is COc1ccc(-c2noc(COC(=O)CCCOc3cccc(Br)c3)n2)cc1OC. The molecule has 8 nitrogen and oxygen atoms in total. The number of benzene rings is 2. The van der Waals surface area contributed by atoms with Gasteiger partial charge in [-0.3, -0.25) is 4.79 Å². The molecule has 0 N–H and O–H groups in total. The zero-order valence-corrected chi connectivity index (χ0v) is 18.2. The standard InChI is InChI=1S/C21H21BrN2O6/c1-26-17-9-8-14(11-18(17)27-2)21-23-19(30-24-21)13-29-20(25)7-4-10-28-16-6-3-5-15(22)12-16/h3,5-6,8-9,11-12H,4,7,10,13H2,1-2H3. The largest absolute Gasteiger partial charge is 0.494 e. The highest BCUT2D eigenvalue weighted by Gasteiger charge is 2.13. The molecule has 0 bridgehead atoms. The van der Waals surface area contributed by atoms with Crippen LogP contribution < -0.4 is 14.2 Å². The Kier molecular flexibility index (Phi) is 7.67. The van der Waals surface area contributed by atoms with E-state index >= 15 is 0 Å². The van der Waals surface area contributed by atoms with Gasteiger partial charge in [-0.2, -0.15) is 4.98 Å². The van der Waals surface area contributed by atoms with Crippen molar-refractivity contribution >= 4 is 21.9 Å². The van der Waals surface area contributed by atoms with E-state index in [2.05, 4.69) is 26.1 Å². The summed E-state index contributed by atoms with van der Waals surface area (Å²) < 4.78 is 27.4. The molecule has 0 saturated carbocycles. The average molecular weight is 477 g/mol. The first-order valence-electron chi connectivity index (χ1n) is 9.18. The lowest BCUT2D eigenvalue weighted by Crippen LogP contribution is -2.07. The minimum atomic E-state index is -0.362. The van der Waals surface area contributed by atoms with E-state index in [1.807, 2.05) is 24.3 Å². The van der Waals surface area contributed by atoms with Crippen molar-refractivity contribution < 1.29 is 28.3 Å². The molecule has 0 saturated heterocycles. The van der Waals surface area contributed by atoms with Crippen molar-refractivity contribution in [3.8, 4) is 28.6 Å². The summed E-state index contributed by atoms with van der Waals surface area (Å²) in [5, 5.41) is 3.91. The molecule has 0 atom stereocenters. The highest BCUT2D eigenvalue weighted by molar-refractivity contribution is 9.10. The number of ether oxygens (including phenoxy) is 4. The van der Waals surface area contributed by atoms with Crippen LogP contribution in [-0.4, -0.2) is 36.9 Å². The first-order chi connectivity index (χ1) is 14.6. The van der Waals surface area contributed by atoms with Crippen molar-refractivity contribution in [2.45, 2.75) is 19.4 Å². The van der Waals surface area contributed by atoms with Gasteiger partial charge in [0.25, 0.3) is 5.89 Å². The zero-order valence-electron chi connectivity index (χ0n) is 16.6. The molecular weight excluding hydrogens is 456 g/mol. The number of rotatable bonds is 10. The number of carbonyl (C=O) groups is 1. The molecule has 158 valence electrons. The third kappa shape index (κ3) is 5.96. The quantitative estimate of drug-likeness (QED) is 0.313. The van der Waals surface area contributed by atoms with Crippen LogP contribution in [-0.2, 0) is 16.1 Å². The molecule has 0 aliphatic rings. The van der Waals surface area contributed by atoms with Crippen molar-refractivity contribution in [3.63, 3.8) is 0 Å². The second kappa shape index (κ2) is 10.6. The molecule has 0 amide bonds. The van der Waals surface area contributed by atoms with Gasteiger partial charge in [0.15, 0.2) is 18.1 Å². The first-order valence-corrected chi connectivity index (χ1v) is 9.97. The second-order valence-electron chi connectivity index (χ2n) is 6.15. The topological polar surface area (TPSA) is 92.9 Å². The number of halogens is 1. The van der Waals surface area contributed by atoms with Crippen LogP contribution in [0.15, 0.2) is 51.5 Å². The van der Waals surface area contributed by atoms with E-state index in [1.54, 1.807) is 32.4 Å². The lowest BCUT2D eigenvalue weighted by molar-refractivity contribution is -0.146. The summed E-state index contributed by atoms with van der Waals surface area (Å²) >= 11 is 3.38. The van der Waals surface area contributed by atoms with Crippen LogP contribution in [0.1, 0.15) is 18.7 Å². The van der Waals surface area contributed by atoms with Crippen LogP contribution in [0, 0.1) is 0 Å². The molecule has 9 heteroatoms. The third-order valence-corrected chi connectivity index (χ3v) is 4.55. The number of hydrogen-bond donors (Lipinski definition) is 0. The molecule has 0 spiro atoms. The monoisotopic (exact) mass is 476 g/mol. The Balaban J connectivity index is 1.44. The molecule has 0 unspecified atom stereocenters. The Morgan fingerprint density at radius 3 is 2.70 bits per heavy atom. The Morgan fingerprint density at radius 2 is 1.93 bits per heavy atom. The minimum absolute atomic E-state index is 0.0917. The van der Waals surface area contributed by atoms with Crippen molar-refractivity contribution in [1.29, 1.82) is 0 Å². The fraction of sp³-hybridized carbons (Fsp3) is 0.286.